The third kappa shape index (κ3) is 3.99. The van der Waals surface area contributed by atoms with E-state index in [1.807, 2.05) is 30.3 Å². The summed E-state index contributed by atoms with van der Waals surface area (Å²) in [6, 6.07) is 16.5. The van der Waals surface area contributed by atoms with Crippen molar-refractivity contribution < 1.29 is 4.79 Å². The van der Waals surface area contributed by atoms with Crippen molar-refractivity contribution in [3.63, 3.8) is 0 Å². The summed E-state index contributed by atoms with van der Waals surface area (Å²) in [6.45, 7) is 0.530. The Morgan fingerprint density at radius 1 is 1.00 bits per heavy atom. The number of carbonyl (C=O) groups is 1. The van der Waals surface area contributed by atoms with E-state index >= 15 is 0 Å². The van der Waals surface area contributed by atoms with Gasteiger partial charge in [-0.3, -0.25) is 20.4 Å². The maximum Gasteiger partial charge on any atom is 0.290 e. The number of hydrogen-bond donors (Lipinski definition) is 4. The van der Waals surface area contributed by atoms with E-state index in [9.17, 15) is 9.59 Å². The van der Waals surface area contributed by atoms with Gasteiger partial charge in [-0.25, -0.2) is 5.10 Å². The molecular weight excluding hydrogens is 338 g/mol. The van der Waals surface area contributed by atoms with Crippen LogP contribution in [0.2, 0.25) is 0 Å². The molecule has 126 valence electrons. The van der Waals surface area contributed by atoms with E-state index in [-0.39, 0.29) is 16.4 Å². The number of rotatable bonds is 3. The number of hydrazine groups is 1. The molecular formula is C17H15N5O2S. The Kier molecular flexibility index (Phi) is 5.00. The van der Waals surface area contributed by atoms with Crippen LogP contribution in [-0.4, -0.2) is 21.2 Å². The van der Waals surface area contributed by atoms with Crippen molar-refractivity contribution in [2.75, 3.05) is 0 Å². The first-order valence-corrected chi connectivity index (χ1v) is 7.91. The minimum absolute atomic E-state index is 0.105. The van der Waals surface area contributed by atoms with E-state index in [1.54, 1.807) is 24.3 Å². The smallest absolute Gasteiger partial charge is 0.290 e. The molecule has 25 heavy (non-hydrogen) atoms. The van der Waals surface area contributed by atoms with Crippen molar-refractivity contribution in [2.45, 2.75) is 6.54 Å². The van der Waals surface area contributed by atoms with Gasteiger partial charge in [-0.05, 0) is 23.8 Å². The number of aromatic amines is 1. The maximum absolute atomic E-state index is 12.3. The van der Waals surface area contributed by atoms with Gasteiger partial charge >= 0.3 is 0 Å². The number of nitrogens with zero attached hydrogens (tertiary/aromatic N) is 1. The molecule has 0 spiro atoms. The number of fused-ring (bicyclic) bond motifs is 1. The van der Waals surface area contributed by atoms with Crippen molar-refractivity contribution in [3.05, 3.63) is 76.2 Å². The molecule has 0 aliphatic rings. The van der Waals surface area contributed by atoms with Gasteiger partial charge in [0.1, 0.15) is 0 Å². The van der Waals surface area contributed by atoms with Crippen molar-refractivity contribution in [2.24, 2.45) is 0 Å². The van der Waals surface area contributed by atoms with Crippen molar-refractivity contribution in [3.8, 4) is 0 Å². The molecule has 1 aromatic heterocycles. The highest BCUT2D eigenvalue weighted by molar-refractivity contribution is 7.80. The van der Waals surface area contributed by atoms with Crippen molar-refractivity contribution in [1.29, 1.82) is 0 Å². The highest BCUT2D eigenvalue weighted by atomic mass is 32.1. The number of hydrogen-bond acceptors (Lipinski definition) is 4. The molecule has 0 bridgehead atoms. The minimum atomic E-state index is -0.503. The summed E-state index contributed by atoms with van der Waals surface area (Å²) < 4.78 is 0. The quantitative estimate of drug-likeness (QED) is 0.418. The number of carbonyl (C=O) groups excluding carboxylic acids is 1. The highest BCUT2D eigenvalue weighted by Crippen LogP contribution is 2.11. The first kappa shape index (κ1) is 16.6. The average molecular weight is 353 g/mol. The molecule has 3 rings (SSSR count). The molecule has 0 unspecified atom stereocenters. The molecule has 0 aliphatic carbocycles. The molecule has 1 amide bonds. The van der Waals surface area contributed by atoms with Crippen LogP contribution >= 0.6 is 12.2 Å². The fraction of sp³-hybridized carbons (Fsp3) is 0.0588. The number of aromatic nitrogens is 2. The lowest BCUT2D eigenvalue weighted by molar-refractivity contribution is 0.0939. The molecule has 8 heteroatoms. The second-order valence-corrected chi connectivity index (χ2v) is 5.60. The number of thiocarbonyl (C=S) groups is 1. The van der Waals surface area contributed by atoms with E-state index in [2.05, 4.69) is 26.4 Å². The SMILES string of the molecule is O=C(NNC(=S)NCc1ccccc1)c1n[nH]c(=O)c2ccccc12. The summed E-state index contributed by atoms with van der Waals surface area (Å²) in [7, 11) is 0. The van der Waals surface area contributed by atoms with Crippen LogP contribution in [-0.2, 0) is 6.54 Å². The van der Waals surface area contributed by atoms with E-state index in [0.29, 0.717) is 17.3 Å². The molecule has 3 aromatic rings. The van der Waals surface area contributed by atoms with Crippen LogP contribution in [0.25, 0.3) is 10.8 Å². The summed E-state index contributed by atoms with van der Waals surface area (Å²) in [5, 5.41) is 10.3. The minimum Gasteiger partial charge on any atom is -0.357 e. The molecule has 0 radical (unpaired) electrons. The number of amides is 1. The number of benzene rings is 2. The Morgan fingerprint density at radius 2 is 1.68 bits per heavy atom. The van der Waals surface area contributed by atoms with Crippen LogP contribution in [0.4, 0.5) is 0 Å². The Labute approximate surface area is 148 Å². The Balaban J connectivity index is 1.62. The first-order chi connectivity index (χ1) is 12.1. The van der Waals surface area contributed by atoms with Gasteiger partial charge in [-0.1, -0.05) is 48.5 Å². The van der Waals surface area contributed by atoms with Crippen LogP contribution in [0.5, 0.6) is 0 Å². The fourth-order valence-corrected chi connectivity index (χ4v) is 2.41. The topological polar surface area (TPSA) is 98.9 Å². The summed E-state index contributed by atoms with van der Waals surface area (Å²) in [6.07, 6.45) is 0. The molecule has 7 nitrogen and oxygen atoms in total. The monoisotopic (exact) mass is 353 g/mol. The Morgan fingerprint density at radius 3 is 2.44 bits per heavy atom. The van der Waals surface area contributed by atoms with Gasteiger partial charge in [-0.15, -0.1) is 0 Å². The van der Waals surface area contributed by atoms with Gasteiger partial charge in [0.2, 0.25) is 0 Å². The molecule has 2 aromatic carbocycles. The van der Waals surface area contributed by atoms with Gasteiger partial charge in [-0.2, -0.15) is 5.10 Å². The van der Waals surface area contributed by atoms with Gasteiger partial charge in [0.25, 0.3) is 11.5 Å². The summed E-state index contributed by atoms with van der Waals surface area (Å²) in [5.41, 5.74) is 5.91. The fourth-order valence-electron chi connectivity index (χ4n) is 2.28. The van der Waals surface area contributed by atoms with Crippen molar-refractivity contribution >= 4 is 34.0 Å². The molecule has 4 N–H and O–H groups in total. The molecule has 0 atom stereocenters. The van der Waals surface area contributed by atoms with E-state index in [4.69, 9.17) is 12.2 Å². The second kappa shape index (κ2) is 7.54. The van der Waals surface area contributed by atoms with Crippen LogP contribution in [0, 0.1) is 0 Å². The zero-order chi connectivity index (χ0) is 17.6. The normalized spacial score (nSPS) is 10.2. The molecule has 0 aliphatic heterocycles. The standard InChI is InChI=1S/C17H15N5O2S/c23-15-13-9-5-4-8-12(13)14(19-20-15)16(24)21-22-17(25)18-10-11-6-2-1-3-7-11/h1-9H,10H2,(H,20,23)(H,21,24)(H2,18,22,25). The summed E-state index contributed by atoms with van der Waals surface area (Å²) in [4.78, 5) is 24.0. The molecule has 0 fully saturated rings. The van der Waals surface area contributed by atoms with E-state index in [1.165, 1.54) is 0 Å². The zero-order valence-corrected chi connectivity index (χ0v) is 13.9. The molecule has 0 saturated carbocycles. The Bertz CT molecular complexity index is 971. The lowest BCUT2D eigenvalue weighted by Crippen LogP contribution is -2.46. The third-order valence-corrected chi connectivity index (χ3v) is 3.74. The lowest BCUT2D eigenvalue weighted by Gasteiger charge is -2.12. The average Bonchev–Trinajstić information content (AvgIpc) is 2.66. The Hall–Kier alpha value is -3.26. The largest absolute Gasteiger partial charge is 0.357 e. The summed E-state index contributed by atoms with van der Waals surface area (Å²) >= 11 is 5.12. The van der Waals surface area contributed by atoms with E-state index in [0.717, 1.165) is 5.56 Å². The predicted molar refractivity (Wildman–Crippen MR) is 98.8 cm³/mol. The second-order valence-electron chi connectivity index (χ2n) is 5.19. The maximum atomic E-state index is 12.3. The van der Waals surface area contributed by atoms with Gasteiger partial charge < -0.3 is 5.32 Å². The molecule has 0 saturated heterocycles. The first-order valence-electron chi connectivity index (χ1n) is 7.50. The van der Waals surface area contributed by atoms with Crippen LogP contribution < -0.4 is 21.7 Å². The van der Waals surface area contributed by atoms with Gasteiger partial charge in [0, 0.05) is 11.9 Å². The van der Waals surface area contributed by atoms with Crippen molar-refractivity contribution in [1.82, 2.24) is 26.4 Å². The molecule has 1 heterocycles. The van der Waals surface area contributed by atoms with Crippen LogP contribution in [0.15, 0.2) is 59.4 Å². The summed E-state index contributed by atoms with van der Waals surface area (Å²) in [5.74, 6) is -0.503. The predicted octanol–water partition coefficient (Wildman–Crippen LogP) is 1.23. The number of H-pyrrole nitrogens is 1. The van der Waals surface area contributed by atoms with Gasteiger partial charge in [0.05, 0.1) is 5.39 Å². The van der Waals surface area contributed by atoms with Crippen LogP contribution in [0.3, 0.4) is 0 Å². The zero-order valence-electron chi connectivity index (χ0n) is 13.1. The van der Waals surface area contributed by atoms with Gasteiger partial charge in [0.15, 0.2) is 10.8 Å². The third-order valence-electron chi connectivity index (χ3n) is 3.50. The lowest BCUT2D eigenvalue weighted by atomic mass is 10.1. The highest BCUT2D eigenvalue weighted by Gasteiger charge is 2.13. The van der Waals surface area contributed by atoms with Crippen LogP contribution in [0.1, 0.15) is 16.1 Å². The number of nitrogens with one attached hydrogen (secondary N) is 4. The van der Waals surface area contributed by atoms with E-state index < -0.39 is 5.91 Å².